The standard InChI is InChI=1S/C21H26ClN3O4/c1-14(17-13-16(27-2)5-7-20(17)28-3)23-21(26)24-18-12-15(22)4-6-19(18)25-8-10-29-11-9-25/h4-7,12-14H,8-11H2,1-3H3,(H2,23,24,26)/t14-/m1/s1. The highest BCUT2D eigenvalue weighted by Crippen LogP contribution is 2.31. The fourth-order valence-electron chi connectivity index (χ4n) is 3.30. The van der Waals surface area contributed by atoms with Crippen LogP contribution in [0.2, 0.25) is 5.02 Å². The number of benzene rings is 2. The molecule has 1 atom stereocenters. The van der Waals surface area contributed by atoms with Crippen LogP contribution in [0, 0.1) is 0 Å². The number of nitrogens with zero attached hydrogens (tertiary/aromatic N) is 1. The van der Waals surface area contributed by atoms with Crippen molar-refractivity contribution in [3.63, 3.8) is 0 Å². The molecule has 1 saturated heterocycles. The van der Waals surface area contributed by atoms with Gasteiger partial charge in [0.15, 0.2) is 0 Å². The average molecular weight is 420 g/mol. The van der Waals surface area contributed by atoms with Gasteiger partial charge in [-0.25, -0.2) is 4.79 Å². The summed E-state index contributed by atoms with van der Waals surface area (Å²) in [4.78, 5) is 14.9. The highest BCUT2D eigenvalue weighted by atomic mass is 35.5. The molecular formula is C21H26ClN3O4. The Morgan fingerprint density at radius 2 is 1.90 bits per heavy atom. The summed E-state index contributed by atoms with van der Waals surface area (Å²) in [6.45, 7) is 4.71. The van der Waals surface area contributed by atoms with Crippen molar-refractivity contribution in [2.75, 3.05) is 50.7 Å². The van der Waals surface area contributed by atoms with E-state index in [1.54, 1.807) is 20.3 Å². The fourth-order valence-corrected chi connectivity index (χ4v) is 3.47. The van der Waals surface area contributed by atoms with Crippen molar-refractivity contribution < 1.29 is 19.0 Å². The van der Waals surface area contributed by atoms with Crippen LogP contribution in [-0.4, -0.2) is 46.6 Å². The van der Waals surface area contributed by atoms with Gasteiger partial charge in [-0.05, 0) is 43.3 Å². The molecule has 0 aliphatic carbocycles. The maximum Gasteiger partial charge on any atom is 0.319 e. The summed E-state index contributed by atoms with van der Waals surface area (Å²) in [5.41, 5.74) is 2.39. The lowest BCUT2D eigenvalue weighted by Gasteiger charge is -2.30. The number of methoxy groups -OCH3 is 2. The number of urea groups is 1. The minimum Gasteiger partial charge on any atom is -0.497 e. The van der Waals surface area contributed by atoms with E-state index in [2.05, 4.69) is 15.5 Å². The maximum atomic E-state index is 12.7. The van der Waals surface area contributed by atoms with E-state index in [1.807, 2.05) is 37.3 Å². The molecule has 2 aromatic rings. The van der Waals surface area contributed by atoms with Crippen LogP contribution < -0.4 is 25.0 Å². The van der Waals surface area contributed by atoms with Gasteiger partial charge >= 0.3 is 6.03 Å². The Labute approximate surface area is 175 Å². The smallest absolute Gasteiger partial charge is 0.319 e. The molecule has 0 unspecified atom stereocenters. The second-order valence-electron chi connectivity index (χ2n) is 6.69. The molecule has 0 saturated carbocycles. The van der Waals surface area contributed by atoms with E-state index in [9.17, 15) is 4.79 Å². The molecule has 0 aromatic heterocycles. The molecule has 0 radical (unpaired) electrons. The third-order valence-electron chi connectivity index (χ3n) is 4.81. The molecule has 29 heavy (non-hydrogen) atoms. The van der Waals surface area contributed by atoms with Crippen molar-refractivity contribution in [2.45, 2.75) is 13.0 Å². The van der Waals surface area contributed by atoms with Crippen molar-refractivity contribution in [3.8, 4) is 11.5 Å². The number of nitrogens with one attached hydrogen (secondary N) is 2. The first-order valence-corrected chi connectivity index (χ1v) is 9.81. The monoisotopic (exact) mass is 419 g/mol. The zero-order valence-corrected chi connectivity index (χ0v) is 17.6. The number of amides is 2. The Morgan fingerprint density at radius 3 is 2.59 bits per heavy atom. The van der Waals surface area contributed by atoms with E-state index in [1.165, 1.54) is 0 Å². The summed E-state index contributed by atoms with van der Waals surface area (Å²) in [5.74, 6) is 1.37. The lowest BCUT2D eigenvalue weighted by Crippen LogP contribution is -2.37. The predicted octanol–water partition coefficient (Wildman–Crippen LogP) is 4.08. The van der Waals surface area contributed by atoms with E-state index >= 15 is 0 Å². The quantitative estimate of drug-likeness (QED) is 0.738. The molecule has 3 rings (SSSR count). The molecule has 8 heteroatoms. The summed E-state index contributed by atoms with van der Waals surface area (Å²) in [5, 5.41) is 6.43. The number of rotatable bonds is 6. The number of carbonyl (C=O) groups is 1. The highest BCUT2D eigenvalue weighted by molar-refractivity contribution is 6.31. The van der Waals surface area contributed by atoms with E-state index in [0.29, 0.717) is 35.4 Å². The van der Waals surface area contributed by atoms with Gasteiger partial charge in [-0.2, -0.15) is 0 Å². The Hall–Kier alpha value is -2.64. The minimum atomic E-state index is -0.334. The molecule has 156 valence electrons. The minimum absolute atomic E-state index is 0.300. The molecule has 2 N–H and O–H groups in total. The number of anilines is 2. The summed E-state index contributed by atoms with van der Waals surface area (Å²) in [7, 11) is 3.20. The first kappa shape index (κ1) is 21.1. The van der Waals surface area contributed by atoms with Crippen LogP contribution in [0.25, 0.3) is 0 Å². The zero-order valence-electron chi connectivity index (χ0n) is 16.8. The van der Waals surface area contributed by atoms with Crippen LogP contribution in [0.3, 0.4) is 0 Å². The van der Waals surface area contributed by atoms with Crippen LogP contribution in [0.5, 0.6) is 11.5 Å². The molecule has 1 aliphatic rings. The molecular weight excluding hydrogens is 394 g/mol. The normalized spacial score (nSPS) is 14.8. The molecule has 0 bridgehead atoms. The van der Waals surface area contributed by atoms with Gasteiger partial charge in [0.1, 0.15) is 11.5 Å². The molecule has 7 nitrogen and oxygen atoms in total. The number of halogens is 1. The summed E-state index contributed by atoms with van der Waals surface area (Å²) < 4.78 is 16.1. The lowest BCUT2D eigenvalue weighted by atomic mass is 10.1. The van der Waals surface area contributed by atoms with Gasteiger partial charge in [0.05, 0.1) is 44.8 Å². The highest BCUT2D eigenvalue weighted by Gasteiger charge is 2.19. The largest absolute Gasteiger partial charge is 0.497 e. The second kappa shape index (κ2) is 9.71. The second-order valence-corrected chi connectivity index (χ2v) is 7.13. The zero-order chi connectivity index (χ0) is 20.8. The number of morpholine rings is 1. The van der Waals surface area contributed by atoms with E-state index in [0.717, 1.165) is 24.3 Å². The van der Waals surface area contributed by atoms with Gasteiger partial charge < -0.3 is 29.7 Å². The summed E-state index contributed by atoms with van der Waals surface area (Å²) in [6, 6.07) is 10.3. The van der Waals surface area contributed by atoms with E-state index in [-0.39, 0.29) is 12.1 Å². The fraction of sp³-hybridized carbons (Fsp3) is 0.381. The molecule has 0 spiro atoms. The van der Waals surface area contributed by atoms with Gasteiger partial charge in [-0.15, -0.1) is 0 Å². The van der Waals surface area contributed by atoms with Crippen molar-refractivity contribution in [3.05, 3.63) is 47.0 Å². The lowest BCUT2D eigenvalue weighted by molar-refractivity contribution is 0.123. The number of hydrogen-bond acceptors (Lipinski definition) is 5. The van der Waals surface area contributed by atoms with E-state index < -0.39 is 0 Å². The first-order valence-electron chi connectivity index (χ1n) is 9.43. The number of carbonyl (C=O) groups excluding carboxylic acids is 1. The first-order chi connectivity index (χ1) is 14.0. The number of ether oxygens (including phenoxy) is 3. The predicted molar refractivity (Wildman–Crippen MR) is 115 cm³/mol. The molecule has 1 heterocycles. The Balaban J connectivity index is 1.75. The van der Waals surface area contributed by atoms with Gasteiger partial charge in [-0.1, -0.05) is 11.6 Å². The summed E-state index contributed by atoms with van der Waals surface area (Å²) in [6.07, 6.45) is 0. The van der Waals surface area contributed by atoms with Crippen LogP contribution in [-0.2, 0) is 4.74 Å². The van der Waals surface area contributed by atoms with E-state index in [4.69, 9.17) is 25.8 Å². The Kier molecular flexibility index (Phi) is 7.06. The van der Waals surface area contributed by atoms with Crippen LogP contribution in [0.1, 0.15) is 18.5 Å². The van der Waals surface area contributed by atoms with Gasteiger partial charge in [-0.3, -0.25) is 0 Å². The molecule has 2 aromatic carbocycles. The molecule has 1 fully saturated rings. The van der Waals surface area contributed by atoms with Crippen LogP contribution >= 0.6 is 11.6 Å². The number of hydrogen-bond donors (Lipinski definition) is 2. The summed E-state index contributed by atoms with van der Waals surface area (Å²) >= 11 is 6.17. The molecule has 1 aliphatic heterocycles. The third kappa shape index (κ3) is 5.25. The topological polar surface area (TPSA) is 72.1 Å². The van der Waals surface area contributed by atoms with Gasteiger partial charge in [0, 0.05) is 23.7 Å². The average Bonchev–Trinajstić information content (AvgIpc) is 2.73. The third-order valence-corrected chi connectivity index (χ3v) is 5.04. The van der Waals surface area contributed by atoms with Gasteiger partial charge in [0.2, 0.25) is 0 Å². The maximum absolute atomic E-state index is 12.7. The van der Waals surface area contributed by atoms with Crippen LogP contribution in [0.15, 0.2) is 36.4 Å². The van der Waals surface area contributed by atoms with Crippen molar-refractivity contribution in [1.29, 1.82) is 0 Å². The SMILES string of the molecule is COc1ccc(OC)c([C@@H](C)NC(=O)Nc2cc(Cl)ccc2N2CCOCC2)c1. The van der Waals surface area contributed by atoms with Crippen LogP contribution in [0.4, 0.5) is 16.2 Å². The van der Waals surface area contributed by atoms with Gasteiger partial charge in [0.25, 0.3) is 0 Å². The van der Waals surface area contributed by atoms with Crippen molar-refractivity contribution in [2.24, 2.45) is 0 Å². The van der Waals surface area contributed by atoms with Crippen molar-refractivity contribution >= 4 is 29.0 Å². The Bertz CT molecular complexity index is 856. The van der Waals surface area contributed by atoms with Crippen molar-refractivity contribution in [1.82, 2.24) is 5.32 Å². The Morgan fingerprint density at radius 1 is 1.14 bits per heavy atom. The molecule has 2 amide bonds.